The molecule has 2 rings (SSSR count). The van der Waals surface area contributed by atoms with Gasteiger partial charge in [-0.25, -0.2) is 4.79 Å². The van der Waals surface area contributed by atoms with E-state index in [4.69, 9.17) is 9.47 Å². The molecule has 0 aromatic carbocycles. The van der Waals surface area contributed by atoms with E-state index in [1.165, 1.54) is 0 Å². The van der Waals surface area contributed by atoms with Gasteiger partial charge in [0, 0.05) is 26.2 Å². The molecular weight excluding hydrogens is 256 g/mol. The zero-order valence-electron chi connectivity index (χ0n) is 13.2. The van der Waals surface area contributed by atoms with Crippen LogP contribution in [0.25, 0.3) is 0 Å². The third-order valence-corrected chi connectivity index (χ3v) is 3.88. The Morgan fingerprint density at radius 3 is 2.75 bits per heavy atom. The van der Waals surface area contributed by atoms with Crippen LogP contribution < -0.4 is 5.32 Å². The molecular formula is C15H28N2O3. The standard InChI is InChI=1S/C15H28N2O3/c1-12-10-16-11-15(19-12)6-5-8-17(9-7-15)13(18)20-14(2,3)4/h12,16H,5-11H2,1-4H3/t12-,15?/m0/s1. The summed E-state index contributed by atoms with van der Waals surface area (Å²) in [5.41, 5.74) is -0.535. The van der Waals surface area contributed by atoms with Gasteiger partial charge in [-0.2, -0.15) is 0 Å². The van der Waals surface area contributed by atoms with Gasteiger partial charge >= 0.3 is 6.09 Å². The van der Waals surface area contributed by atoms with Crippen LogP contribution in [0.1, 0.15) is 47.0 Å². The van der Waals surface area contributed by atoms with Crippen LogP contribution in [0.2, 0.25) is 0 Å². The van der Waals surface area contributed by atoms with Crippen molar-refractivity contribution in [1.29, 1.82) is 0 Å². The zero-order valence-corrected chi connectivity index (χ0v) is 13.2. The van der Waals surface area contributed by atoms with Crippen molar-refractivity contribution in [3.05, 3.63) is 0 Å². The molecule has 0 saturated carbocycles. The highest BCUT2D eigenvalue weighted by atomic mass is 16.6. The maximum Gasteiger partial charge on any atom is 0.410 e. The van der Waals surface area contributed by atoms with Crippen molar-refractivity contribution in [2.45, 2.75) is 64.3 Å². The molecule has 1 N–H and O–H groups in total. The topological polar surface area (TPSA) is 50.8 Å². The Hall–Kier alpha value is -0.810. The van der Waals surface area contributed by atoms with Crippen LogP contribution in [0.4, 0.5) is 4.79 Å². The third kappa shape index (κ3) is 4.09. The van der Waals surface area contributed by atoms with Gasteiger partial charge in [-0.3, -0.25) is 0 Å². The number of hydrogen-bond acceptors (Lipinski definition) is 4. The summed E-state index contributed by atoms with van der Waals surface area (Å²) in [6.45, 7) is 11.1. The molecule has 116 valence electrons. The van der Waals surface area contributed by atoms with Crippen LogP contribution in [0, 0.1) is 0 Å². The van der Waals surface area contributed by atoms with E-state index in [1.807, 2.05) is 25.7 Å². The second kappa shape index (κ2) is 5.90. The van der Waals surface area contributed by atoms with Crippen LogP contribution >= 0.6 is 0 Å². The summed E-state index contributed by atoms with van der Waals surface area (Å²) in [5, 5.41) is 3.45. The van der Waals surface area contributed by atoms with Gasteiger partial charge in [0.1, 0.15) is 5.60 Å². The number of amides is 1. The molecule has 1 amide bonds. The lowest BCUT2D eigenvalue weighted by Crippen LogP contribution is -2.53. The molecule has 2 saturated heterocycles. The number of likely N-dealkylation sites (tertiary alicyclic amines) is 1. The summed E-state index contributed by atoms with van der Waals surface area (Å²) in [6, 6.07) is 0. The first-order chi connectivity index (χ1) is 9.30. The predicted octanol–water partition coefficient (Wildman–Crippen LogP) is 2.15. The summed E-state index contributed by atoms with van der Waals surface area (Å²) >= 11 is 0. The van der Waals surface area contributed by atoms with Crippen LogP contribution in [0.5, 0.6) is 0 Å². The first-order valence-corrected chi connectivity index (χ1v) is 7.66. The number of carbonyl (C=O) groups excluding carboxylic acids is 1. The SMILES string of the molecule is C[C@H]1CNCC2(CCCN(C(=O)OC(C)(C)C)CC2)O1. The van der Waals surface area contributed by atoms with Gasteiger partial charge in [0.05, 0.1) is 11.7 Å². The molecule has 5 nitrogen and oxygen atoms in total. The maximum absolute atomic E-state index is 12.1. The van der Waals surface area contributed by atoms with E-state index in [1.54, 1.807) is 0 Å². The van der Waals surface area contributed by atoms with E-state index in [0.29, 0.717) is 6.54 Å². The molecule has 0 aliphatic carbocycles. The van der Waals surface area contributed by atoms with Gasteiger partial charge in [-0.05, 0) is 47.0 Å². The van der Waals surface area contributed by atoms with Crippen LogP contribution in [-0.4, -0.2) is 54.5 Å². The summed E-state index contributed by atoms with van der Waals surface area (Å²) in [5.74, 6) is 0. The van der Waals surface area contributed by atoms with Crippen molar-refractivity contribution in [3.8, 4) is 0 Å². The number of hydrogen-bond donors (Lipinski definition) is 1. The molecule has 0 aromatic heterocycles. The lowest BCUT2D eigenvalue weighted by Gasteiger charge is -2.40. The predicted molar refractivity (Wildman–Crippen MR) is 77.8 cm³/mol. The van der Waals surface area contributed by atoms with E-state index in [9.17, 15) is 4.79 Å². The summed E-state index contributed by atoms with van der Waals surface area (Å²) in [6.07, 6.45) is 2.89. The van der Waals surface area contributed by atoms with Gasteiger partial charge in [0.25, 0.3) is 0 Å². The van der Waals surface area contributed by atoms with Gasteiger partial charge in [0.15, 0.2) is 0 Å². The van der Waals surface area contributed by atoms with Gasteiger partial charge < -0.3 is 19.7 Å². The molecule has 2 aliphatic heterocycles. The van der Waals surface area contributed by atoms with Crippen molar-refractivity contribution < 1.29 is 14.3 Å². The van der Waals surface area contributed by atoms with Crippen LogP contribution in [0.3, 0.4) is 0 Å². The summed E-state index contributed by atoms with van der Waals surface area (Å²) in [4.78, 5) is 14.0. The van der Waals surface area contributed by atoms with E-state index < -0.39 is 5.60 Å². The van der Waals surface area contributed by atoms with Crippen molar-refractivity contribution in [1.82, 2.24) is 10.2 Å². The Morgan fingerprint density at radius 2 is 2.10 bits per heavy atom. The Balaban J connectivity index is 1.93. The van der Waals surface area contributed by atoms with Gasteiger partial charge in [0.2, 0.25) is 0 Å². The van der Waals surface area contributed by atoms with Gasteiger partial charge in [-0.1, -0.05) is 0 Å². The molecule has 2 fully saturated rings. The van der Waals surface area contributed by atoms with E-state index in [0.717, 1.165) is 38.9 Å². The van der Waals surface area contributed by atoms with Crippen LogP contribution in [0.15, 0.2) is 0 Å². The molecule has 0 radical (unpaired) electrons. The lowest BCUT2D eigenvalue weighted by molar-refractivity contribution is -0.115. The van der Waals surface area contributed by atoms with Crippen LogP contribution in [-0.2, 0) is 9.47 Å². The van der Waals surface area contributed by atoms with Crippen molar-refractivity contribution in [2.75, 3.05) is 26.2 Å². The average molecular weight is 284 g/mol. The molecule has 20 heavy (non-hydrogen) atoms. The first-order valence-electron chi connectivity index (χ1n) is 7.66. The number of ether oxygens (including phenoxy) is 2. The van der Waals surface area contributed by atoms with Gasteiger partial charge in [-0.15, -0.1) is 0 Å². The average Bonchev–Trinajstić information content (AvgIpc) is 2.50. The van der Waals surface area contributed by atoms with E-state index >= 15 is 0 Å². The maximum atomic E-state index is 12.1. The first kappa shape index (κ1) is 15.6. The molecule has 2 atom stereocenters. The fourth-order valence-electron chi connectivity index (χ4n) is 2.98. The fourth-order valence-corrected chi connectivity index (χ4v) is 2.98. The quantitative estimate of drug-likeness (QED) is 0.740. The highest BCUT2D eigenvalue weighted by molar-refractivity contribution is 5.68. The molecule has 0 aromatic rings. The largest absolute Gasteiger partial charge is 0.444 e. The fraction of sp³-hybridized carbons (Fsp3) is 0.933. The highest BCUT2D eigenvalue weighted by Crippen LogP contribution is 2.29. The van der Waals surface area contributed by atoms with Crippen molar-refractivity contribution in [3.63, 3.8) is 0 Å². The minimum Gasteiger partial charge on any atom is -0.444 e. The minimum absolute atomic E-state index is 0.103. The van der Waals surface area contributed by atoms with E-state index in [-0.39, 0.29) is 17.8 Å². The normalized spacial score (nSPS) is 32.0. The zero-order chi connectivity index (χ0) is 14.8. The molecule has 5 heteroatoms. The number of morpholine rings is 1. The second-order valence-electron chi connectivity index (χ2n) is 7.06. The Labute approximate surface area is 122 Å². The molecule has 1 unspecified atom stereocenters. The van der Waals surface area contributed by atoms with E-state index in [2.05, 4.69) is 12.2 Å². The Bertz CT molecular complexity index is 354. The van der Waals surface area contributed by atoms with Crippen molar-refractivity contribution >= 4 is 6.09 Å². The molecule has 1 spiro atoms. The Kier molecular flexibility index (Phi) is 4.59. The summed E-state index contributed by atoms with van der Waals surface area (Å²) < 4.78 is 11.6. The molecule has 0 bridgehead atoms. The monoisotopic (exact) mass is 284 g/mol. The van der Waals surface area contributed by atoms with Crippen molar-refractivity contribution in [2.24, 2.45) is 0 Å². The smallest absolute Gasteiger partial charge is 0.410 e. The number of rotatable bonds is 0. The number of nitrogens with zero attached hydrogens (tertiary/aromatic N) is 1. The summed E-state index contributed by atoms with van der Waals surface area (Å²) in [7, 11) is 0. The second-order valence-corrected chi connectivity index (χ2v) is 7.06. The third-order valence-electron chi connectivity index (χ3n) is 3.88. The molecule has 2 aliphatic rings. The minimum atomic E-state index is -0.432. The molecule has 2 heterocycles. The number of nitrogens with one attached hydrogen (secondary N) is 1. The highest BCUT2D eigenvalue weighted by Gasteiger charge is 2.38. The number of carbonyl (C=O) groups is 1. The Morgan fingerprint density at radius 1 is 1.35 bits per heavy atom. The lowest BCUT2D eigenvalue weighted by atomic mass is 9.92.